The number of nitrogens with zero attached hydrogens (tertiary/aromatic N) is 3. The summed E-state index contributed by atoms with van der Waals surface area (Å²) in [6, 6.07) is 22.9. The lowest BCUT2D eigenvalue weighted by molar-refractivity contribution is -0.903. The number of rotatable bonds is 12. The van der Waals surface area contributed by atoms with Gasteiger partial charge in [-0.25, -0.2) is 13.2 Å². The summed E-state index contributed by atoms with van der Waals surface area (Å²) >= 11 is 0. The van der Waals surface area contributed by atoms with Crippen LogP contribution in [0, 0.1) is 6.92 Å². The van der Waals surface area contributed by atoms with Gasteiger partial charge in [0.1, 0.15) is 28.1 Å². The van der Waals surface area contributed by atoms with Crippen LogP contribution >= 0.6 is 0 Å². The molecular weight excluding hydrogens is 534 g/mol. The van der Waals surface area contributed by atoms with Crippen molar-refractivity contribution in [1.29, 1.82) is 0 Å². The summed E-state index contributed by atoms with van der Waals surface area (Å²) in [5.74, 6) is 0. The van der Waals surface area contributed by atoms with Gasteiger partial charge >= 0.3 is 6.03 Å². The van der Waals surface area contributed by atoms with Crippen LogP contribution in [0.25, 0.3) is 0 Å². The van der Waals surface area contributed by atoms with Gasteiger partial charge in [0.25, 0.3) is 0 Å². The van der Waals surface area contributed by atoms with Crippen molar-refractivity contribution in [1.82, 2.24) is 0 Å². The van der Waals surface area contributed by atoms with Crippen LogP contribution < -0.4 is 0 Å². The summed E-state index contributed by atoms with van der Waals surface area (Å²) < 4.78 is 34.0. The van der Waals surface area contributed by atoms with Crippen molar-refractivity contribution in [2.45, 2.75) is 63.8 Å². The molecule has 4 rings (SSSR count). The van der Waals surface area contributed by atoms with E-state index in [0.29, 0.717) is 17.0 Å². The molecule has 3 aromatic carbocycles. The molecule has 0 bridgehead atoms. The molecule has 1 heterocycles. The normalized spacial score (nSPS) is 13.3. The Kier molecular flexibility index (Phi) is 11.7. The summed E-state index contributed by atoms with van der Waals surface area (Å²) in [4.78, 5) is 19.0. The fraction of sp³-hybridized carbons (Fsp3) is 0.364. The second-order valence-corrected chi connectivity index (χ2v) is 12.5. The Morgan fingerprint density at radius 1 is 0.732 bits per heavy atom. The van der Waals surface area contributed by atoms with Gasteiger partial charge < -0.3 is 9.04 Å². The second-order valence-electron chi connectivity index (χ2n) is 11.1. The van der Waals surface area contributed by atoms with E-state index in [0.717, 1.165) is 22.2 Å². The minimum atomic E-state index is -4.51. The van der Waals surface area contributed by atoms with Crippen molar-refractivity contribution >= 4 is 27.6 Å². The predicted molar refractivity (Wildman–Crippen MR) is 165 cm³/mol. The molecule has 3 aromatic rings. The van der Waals surface area contributed by atoms with E-state index in [1.165, 1.54) is 74.9 Å². The van der Waals surface area contributed by atoms with Gasteiger partial charge in [-0.05, 0) is 31.9 Å². The molecule has 2 amide bonds. The van der Waals surface area contributed by atoms with Crippen LogP contribution in [0.1, 0.15) is 67.7 Å². The average molecular weight is 576 g/mol. The number of carbonyl (C=O) groups is 1. The monoisotopic (exact) mass is 575 g/mol. The molecule has 218 valence electrons. The van der Waals surface area contributed by atoms with Gasteiger partial charge in [-0.2, -0.15) is 9.98 Å². The fourth-order valence-corrected chi connectivity index (χ4v) is 5.16. The van der Waals surface area contributed by atoms with Gasteiger partial charge in [-0.3, -0.25) is 0 Å². The van der Waals surface area contributed by atoms with E-state index in [-0.39, 0.29) is 4.90 Å². The summed E-state index contributed by atoms with van der Waals surface area (Å²) in [5, 5.41) is 0. The van der Waals surface area contributed by atoms with Crippen LogP contribution in [-0.2, 0) is 16.7 Å². The van der Waals surface area contributed by atoms with E-state index in [4.69, 9.17) is 0 Å². The molecule has 1 aliphatic rings. The maximum absolute atomic E-state index is 11.6. The predicted octanol–water partition coefficient (Wildman–Crippen LogP) is 6.93. The number of urea groups is 1. The van der Waals surface area contributed by atoms with Crippen molar-refractivity contribution in [3.05, 3.63) is 101 Å². The third kappa shape index (κ3) is 10.5. The van der Waals surface area contributed by atoms with Crippen LogP contribution in [0.2, 0.25) is 0 Å². The molecule has 0 atom stereocenters. The summed E-state index contributed by atoms with van der Waals surface area (Å²) in [6.45, 7) is 6.67. The van der Waals surface area contributed by atoms with Gasteiger partial charge in [-0.15, -0.1) is 0 Å². The Labute approximate surface area is 245 Å². The van der Waals surface area contributed by atoms with Gasteiger partial charge in [0, 0.05) is 16.7 Å². The average Bonchev–Trinajstić information content (AvgIpc) is 3.33. The number of hydrogen-bond acceptors (Lipinski definition) is 4. The van der Waals surface area contributed by atoms with Crippen LogP contribution in [-0.4, -0.2) is 55.5 Å². The second kappa shape index (κ2) is 15.0. The molecule has 0 aliphatic carbocycles. The van der Waals surface area contributed by atoms with Gasteiger partial charge in [0.2, 0.25) is 0 Å². The third-order valence-corrected chi connectivity index (χ3v) is 7.80. The van der Waals surface area contributed by atoms with E-state index in [1.807, 2.05) is 31.2 Å². The van der Waals surface area contributed by atoms with Gasteiger partial charge in [0.15, 0.2) is 0 Å². The van der Waals surface area contributed by atoms with Crippen molar-refractivity contribution in [3.8, 4) is 0 Å². The summed E-state index contributed by atoms with van der Waals surface area (Å²) in [7, 11) is 0.181. The summed E-state index contributed by atoms with van der Waals surface area (Å²) in [6.07, 6.45) is 8.35. The van der Waals surface area contributed by atoms with Crippen LogP contribution in [0.4, 0.5) is 4.79 Å². The fourth-order valence-electron chi connectivity index (χ4n) is 4.69. The molecule has 0 spiro atoms. The zero-order chi connectivity index (χ0) is 29.9. The lowest BCUT2D eigenvalue weighted by Crippen LogP contribution is -2.39. The molecule has 0 saturated heterocycles. The highest BCUT2D eigenvalue weighted by atomic mass is 32.2. The minimum absolute atomic E-state index is 0.333. The lowest BCUT2D eigenvalue weighted by Gasteiger charge is -2.30. The SMILES string of the molecule is CCCCCCCC[N+](C)(C)Cc1ccccc1.Cc1ccc(C2=NC(=O)N=C2c2ccc(S(=O)(=O)[O-])cc2)cc1. The lowest BCUT2D eigenvalue weighted by atomic mass is 9.99. The van der Waals surface area contributed by atoms with Crippen molar-refractivity contribution in [2.24, 2.45) is 9.98 Å². The molecule has 0 N–H and O–H groups in total. The Balaban J connectivity index is 0.000000233. The zero-order valence-electron chi connectivity index (χ0n) is 24.5. The zero-order valence-corrected chi connectivity index (χ0v) is 25.4. The third-order valence-electron chi connectivity index (χ3n) is 6.95. The van der Waals surface area contributed by atoms with Crippen LogP contribution in [0.3, 0.4) is 0 Å². The van der Waals surface area contributed by atoms with Crippen LogP contribution in [0.15, 0.2) is 93.7 Å². The Bertz CT molecular complexity index is 1440. The molecule has 0 saturated carbocycles. The highest BCUT2D eigenvalue weighted by Gasteiger charge is 2.22. The first-order valence-corrected chi connectivity index (χ1v) is 15.6. The smallest absolute Gasteiger partial charge is 0.368 e. The van der Waals surface area contributed by atoms with Gasteiger partial charge in [0.05, 0.1) is 25.5 Å². The Morgan fingerprint density at radius 3 is 1.78 bits per heavy atom. The molecule has 0 aromatic heterocycles. The molecule has 7 nitrogen and oxygen atoms in total. The number of carbonyl (C=O) groups excluding carboxylic acids is 1. The highest BCUT2D eigenvalue weighted by Crippen LogP contribution is 2.18. The van der Waals surface area contributed by atoms with E-state index in [9.17, 15) is 17.8 Å². The topological polar surface area (TPSA) is 99.0 Å². The van der Waals surface area contributed by atoms with E-state index >= 15 is 0 Å². The van der Waals surface area contributed by atoms with E-state index in [1.54, 1.807) is 0 Å². The van der Waals surface area contributed by atoms with E-state index in [2.05, 4.69) is 61.3 Å². The first-order chi connectivity index (χ1) is 19.5. The number of aryl methyl sites for hydroxylation is 1. The Hall–Kier alpha value is -3.46. The molecular formula is C33H41N3O4S. The summed E-state index contributed by atoms with van der Waals surface area (Å²) in [5.41, 5.74) is 4.56. The van der Waals surface area contributed by atoms with Gasteiger partial charge in [-0.1, -0.05) is 105 Å². The molecule has 0 unspecified atom stereocenters. The minimum Gasteiger partial charge on any atom is -0.744 e. The molecule has 8 heteroatoms. The number of aliphatic imine (C=N–C) groups is 2. The Morgan fingerprint density at radius 2 is 1.24 bits per heavy atom. The first-order valence-electron chi connectivity index (χ1n) is 14.2. The number of benzene rings is 3. The molecule has 0 fully saturated rings. The maximum Gasteiger partial charge on any atom is 0.368 e. The van der Waals surface area contributed by atoms with E-state index < -0.39 is 16.1 Å². The number of hydrogen-bond donors (Lipinski definition) is 0. The van der Waals surface area contributed by atoms with Crippen molar-refractivity contribution < 1.29 is 22.2 Å². The standard InChI is InChI=1S/C17H30N.C16H12N2O4S/c1-4-5-6-7-8-12-15-18(2,3)16-17-13-10-9-11-14-17;1-10-2-4-11(5-3-10)14-15(18-16(19)17-14)12-6-8-13(9-7-12)23(20,21)22/h9-11,13-14H,4-8,12,15-16H2,1-3H3;2-9H,1H3,(H,20,21,22)/q+1;/p-1. The van der Waals surface area contributed by atoms with Crippen molar-refractivity contribution in [2.75, 3.05) is 20.6 Å². The number of unbranched alkanes of at least 4 members (excludes halogenated alkanes) is 5. The van der Waals surface area contributed by atoms with Crippen LogP contribution in [0.5, 0.6) is 0 Å². The number of amides is 2. The molecule has 41 heavy (non-hydrogen) atoms. The number of quaternary nitrogens is 1. The largest absolute Gasteiger partial charge is 0.744 e. The first kappa shape index (κ1) is 32.1. The maximum atomic E-state index is 11.6. The highest BCUT2D eigenvalue weighted by molar-refractivity contribution is 7.85. The quantitative estimate of drug-likeness (QED) is 0.133. The van der Waals surface area contributed by atoms with Crippen molar-refractivity contribution in [3.63, 3.8) is 0 Å². The molecule has 1 aliphatic heterocycles. The molecule has 0 radical (unpaired) electrons.